The zero-order valence-corrected chi connectivity index (χ0v) is 18.9. The smallest absolute Gasteiger partial charge is 0.258 e. The highest BCUT2D eigenvalue weighted by atomic mass is 32.1. The number of methoxy groups -OCH3 is 1. The highest BCUT2D eigenvalue weighted by molar-refractivity contribution is 7.16. The van der Waals surface area contributed by atoms with Gasteiger partial charge in [-0.25, -0.2) is 0 Å². The first-order valence-electron chi connectivity index (χ1n) is 10.7. The van der Waals surface area contributed by atoms with E-state index < -0.39 is 6.04 Å². The Morgan fingerprint density at radius 3 is 2.71 bits per heavy atom. The van der Waals surface area contributed by atoms with Crippen LogP contribution in [0, 0.1) is 31.1 Å². The van der Waals surface area contributed by atoms with E-state index in [1.807, 2.05) is 26.0 Å². The van der Waals surface area contributed by atoms with Crippen molar-refractivity contribution in [1.82, 2.24) is 4.90 Å². The predicted octanol–water partition coefficient (Wildman–Crippen LogP) is 4.66. The van der Waals surface area contributed by atoms with Gasteiger partial charge >= 0.3 is 0 Å². The Morgan fingerprint density at radius 2 is 1.97 bits per heavy atom. The second kappa shape index (κ2) is 8.72. The molecule has 4 rings (SSSR count). The van der Waals surface area contributed by atoms with Crippen molar-refractivity contribution in [3.8, 4) is 11.8 Å². The van der Waals surface area contributed by atoms with Crippen LogP contribution in [-0.2, 0) is 4.79 Å². The molecule has 2 amide bonds. The van der Waals surface area contributed by atoms with Gasteiger partial charge in [0.05, 0.1) is 18.2 Å². The van der Waals surface area contributed by atoms with Gasteiger partial charge in [0.2, 0.25) is 5.91 Å². The Balaban J connectivity index is 1.66. The Labute approximate surface area is 186 Å². The van der Waals surface area contributed by atoms with Crippen LogP contribution in [0.5, 0.6) is 5.75 Å². The van der Waals surface area contributed by atoms with Gasteiger partial charge in [0.25, 0.3) is 5.91 Å². The highest BCUT2D eigenvalue weighted by Crippen LogP contribution is 2.42. The average Bonchev–Trinajstić information content (AvgIpc) is 3.30. The van der Waals surface area contributed by atoms with Gasteiger partial charge in [0.1, 0.15) is 22.9 Å². The topological polar surface area (TPSA) is 82.4 Å². The number of para-hydroxylation sites is 1. The van der Waals surface area contributed by atoms with Gasteiger partial charge in [0, 0.05) is 10.9 Å². The molecule has 31 heavy (non-hydrogen) atoms. The summed E-state index contributed by atoms with van der Waals surface area (Å²) in [5.41, 5.74) is 1.88. The molecular weight excluding hydrogens is 410 g/mol. The fraction of sp³-hybridized carbons (Fsp3) is 0.458. The summed E-state index contributed by atoms with van der Waals surface area (Å²) in [5, 5.41) is 13.1. The summed E-state index contributed by atoms with van der Waals surface area (Å²) in [6.07, 6.45) is 4.80. The van der Waals surface area contributed by atoms with Crippen LogP contribution in [0.25, 0.3) is 0 Å². The van der Waals surface area contributed by atoms with Crippen LogP contribution in [0.1, 0.15) is 58.5 Å². The molecule has 1 saturated carbocycles. The lowest BCUT2D eigenvalue weighted by atomic mass is 9.84. The van der Waals surface area contributed by atoms with Crippen molar-refractivity contribution >= 4 is 28.2 Å². The SMILES string of the molecule is COc1ccccc1C(=O)N1C(C(=O)Nc2sc(C)c(C)c2C#N)CC2CCCCC21. The molecule has 3 unspecified atom stereocenters. The van der Waals surface area contributed by atoms with Crippen molar-refractivity contribution in [3.05, 3.63) is 45.8 Å². The molecule has 1 aliphatic heterocycles. The number of aryl methyl sites for hydroxylation is 1. The van der Waals surface area contributed by atoms with E-state index in [-0.39, 0.29) is 17.9 Å². The second-order valence-corrected chi connectivity index (χ2v) is 9.59. The lowest BCUT2D eigenvalue weighted by Gasteiger charge is -2.34. The molecule has 7 heteroatoms. The number of hydrogen-bond donors (Lipinski definition) is 1. The number of anilines is 1. The molecular formula is C24H27N3O3S. The van der Waals surface area contributed by atoms with E-state index in [1.165, 1.54) is 11.3 Å². The summed E-state index contributed by atoms with van der Waals surface area (Å²) >= 11 is 1.41. The molecule has 6 nitrogen and oxygen atoms in total. The van der Waals surface area contributed by atoms with Crippen molar-refractivity contribution in [2.24, 2.45) is 5.92 Å². The first-order chi connectivity index (χ1) is 15.0. The maximum atomic E-state index is 13.6. The van der Waals surface area contributed by atoms with E-state index in [1.54, 1.807) is 24.1 Å². The molecule has 162 valence electrons. The van der Waals surface area contributed by atoms with E-state index in [9.17, 15) is 14.9 Å². The number of carbonyl (C=O) groups excluding carboxylic acids is 2. The van der Waals surface area contributed by atoms with Crippen LogP contribution in [-0.4, -0.2) is 35.9 Å². The zero-order valence-electron chi connectivity index (χ0n) is 18.1. The zero-order chi connectivity index (χ0) is 22.1. The molecule has 0 bridgehead atoms. The number of nitrogens with one attached hydrogen (secondary N) is 1. The second-order valence-electron chi connectivity index (χ2n) is 8.36. The van der Waals surface area contributed by atoms with E-state index in [2.05, 4.69) is 11.4 Å². The summed E-state index contributed by atoms with van der Waals surface area (Å²) < 4.78 is 5.42. The number of carbonyl (C=O) groups is 2. The summed E-state index contributed by atoms with van der Waals surface area (Å²) in [5.74, 6) is 0.467. The quantitative estimate of drug-likeness (QED) is 0.754. The molecule has 2 fully saturated rings. The minimum Gasteiger partial charge on any atom is -0.496 e. The number of amides is 2. The average molecular weight is 438 g/mol. The minimum absolute atomic E-state index is 0.0594. The van der Waals surface area contributed by atoms with Crippen LogP contribution in [0.4, 0.5) is 5.00 Å². The fourth-order valence-corrected chi connectivity index (χ4v) is 6.01. The number of likely N-dealkylation sites (tertiary alicyclic amines) is 1. The van der Waals surface area contributed by atoms with Gasteiger partial charge in [-0.05, 0) is 56.7 Å². The molecule has 1 aliphatic carbocycles. The number of benzene rings is 1. The lowest BCUT2D eigenvalue weighted by Crippen LogP contribution is -2.47. The Kier molecular flexibility index (Phi) is 6.01. The number of fused-ring (bicyclic) bond motifs is 1. The van der Waals surface area contributed by atoms with Gasteiger partial charge in [-0.1, -0.05) is 25.0 Å². The van der Waals surface area contributed by atoms with Crippen LogP contribution >= 0.6 is 11.3 Å². The van der Waals surface area contributed by atoms with E-state index >= 15 is 0 Å². The van der Waals surface area contributed by atoms with Gasteiger partial charge in [-0.2, -0.15) is 5.26 Å². The normalized spacial score (nSPS) is 22.5. The van der Waals surface area contributed by atoms with Crippen molar-refractivity contribution in [3.63, 3.8) is 0 Å². The standard InChI is InChI=1S/C24H27N3O3S/c1-14-15(2)31-23(18(14)13-25)26-22(28)20-12-16-8-4-6-10-19(16)27(20)24(29)17-9-5-7-11-21(17)30-3/h5,7,9,11,16,19-20H,4,6,8,10,12H2,1-3H3,(H,26,28). The third-order valence-corrected chi connectivity index (χ3v) is 7.82. The first kappa shape index (κ1) is 21.4. The molecule has 2 aliphatic rings. The maximum Gasteiger partial charge on any atom is 0.258 e. The Hall–Kier alpha value is -2.85. The minimum atomic E-state index is -0.556. The van der Waals surface area contributed by atoms with Gasteiger partial charge in [-0.15, -0.1) is 11.3 Å². The number of nitriles is 1. The monoisotopic (exact) mass is 437 g/mol. The van der Waals surface area contributed by atoms with Gasteiger partial charge in [0.15, 0.2) is 0 Å². The maximum absolute atomic E-state index is 13.6. The Bertz CT molecular complexity index is 1050. The van der Waals surface area contributed by atoms with Crippen LogP contribution in [0.2, 0.25) is 0 Å². The van der Waals surface area contributed by atoms with Crippen molar-refractivity contribution in [1.29, 1.82) is 5.26 Å². The molecule has 1 aromatic carbocycles. The number of ether oxygens (including phenoxy) is 1. The van der Waals surface area contributed by atoms with Crippen molar-refractivity contribution in [2.75, 3.05) is 12.4 Å². The van der Waals surface area contributed by atoms with Crippen molar-refractivity contribution in [2.45, 2.75) is 58.0 Å². The Morgan fingerprint density at radius 1 is 1.23 bits per heavy atom. The summed E-state index contributed by atoms with van der Waals surface area (Å²) in [6.45, 7) is 3.83. The van der Waals surface area contributed by atoms with Crippen LogP contribution < -0.4 is 10.1 Å². The largest absolute Gasteiger partial charge is 0.496 e. The third-order valence-electron chi connectivity index (χ3n) is 6.70. The summed E-state index contributed by atoms with van der Waals surface area (Å²) in [4.78, 5) is 29.9. The summed E-state index contributed by atoms with van der Waals surface area (Å²) in [7, 11) is 1.55. The highest BCUT2D eigenvalue weighted by Gasteiger charge is 2.48. The number of hydrogen-bond acceptors (Lipinski definition) is 5. The van der Waals surface area contributed by atoms with E-state index in [4.69, 9.17) is 4.74 Å². The van der Waals surface area contributed by atoms with Crippen molar-refractivity contribution < 1.29 is 14.3 Å². The van der Waals surface area contributed by atoms with E-state index in [0.29, 0.717) is 34.2 Å². The molecule has 0 radical (unpaired) electrons. The van der Waals surface area contributed by atoms with E-state index in [0.717, 1.165) is 36.1 Å². The van der Waals surface area contributed by atoms with Gasteiger partial charge in [-0.3, -0.25) is 9.59 Å². The summed E-state index contributed by atoms with van der Waals surface area (Å²) in [6, 6.07) is 8.88. The van der Waals surface area contributed by atoms with Crippen LogP contribution in [0.3, 0.4) is 0 Å². The first-order valence-corrected chi connectivity index (χ1v) is 11.5. The van der Waals surface area contributed by atoms with Crippen LogP contribution in [0.15, 0.2) is 24.3 Å². The number of nitrogens with zero attached hydrogens (tertiary/aromatic N) is 2. The number of rotatable bonds is 4. The lowest BCUT2D eigenvalue weighted by molar-refractivity contribution is -0.120. The molecule has 1 aromatic heterocycles. The molecule has 1 saturated heterocycles. The predicted molar refractivity (Wildman–Crippen MR) is 120 cm³/mol. The molecule has 2 heterocycles. The molecule has 0 spiro atoms. The van der Waals surface area contributed by atoms with Gasteiger partial charge < -0.3 is 15.0 Å². The molecule has 1 N–H and O–H groups in total. The fourth-order valence-electron chi connectivity index (χ4n) is 4.99. The third kappa shape index (κ3) is 3.81. The molecule has 3 atom stereocenters. The number of thiophene rings is 1. The molecule has 2 aromatic rings.